The lowest BCUT2D eigenvalue weighted by molar-refractivity contribution is -0.137. The number of para-hydroxylation sites is 1. The van der Waals surface area contributed by atoms with Crippen molar-refractivity contribution in [2.75, 3.05) is 5.32 Å². The molecule has 0 aliphatic carbocycles. The number of nitrogens with zero attached hydrogens (tertiary/aromatic N) is 2. The minimum atomic E-state index is -1.04. The van der Waals surface area contributed by atoms with Crippen LogP contribution in [-0.2, 0) is 22.6 Å². The fraction of sp³-hybridized carbons (Fsp3) is 0.167. The molecule has 4 rings (SSSR count). The van der Waals surface area contributed by atoms with Crippen molar-refractivity contribution in [3.63, 3.8) is 0 Å². The van der Waals surface area contributed by atoms with E-state index in [1.54, 1.807) is 36.4 Å². The number of benzene rings is 2. The molecule has 0 saturated heterocycles. The number of aryl methyl sites for hydroxylation is 1. The number of carbonyl (C=O) groups is 3. The van der Waals surface area contributed by atoms with Gasteiger partial charge in [-0.3, -0.25) is 19.7 Å². The zero-order valence-corrected chi connectivity index (χ0v) is 18.8. The summed E-state index contributed by atoms with van der Waals surface area (Å²) >= 11 is 1.35. The Morgan fingerprint density at radius 1 is 1.12 bits per heavy atom. The van der Waals surface area contributed by atoms with E-state index in [0.29, 0.717) is 28.5 Å². The van der Waals surface area contributed by atoms with Crippen LogP contribution in [0.1, 0.15) is 29.2 Å². The number of aromatic nitrogens is 2. The Balaban J connectivity index is 1.66. The summed E-state index contributed by atoms with van der Waals surface area (Å²) in [6.07, 6.45) is 0.694. The van der Waals surface area contributed by atoms with Crippen LogP contribution in [-0.4, -0.2) is 32.5 Å². The van der Waals surface area contributed by atoms with Gasteiger partial charge in [0.05, 0.1) is 5.69 Å². The van der Waals surface area contributed by atoms with Gasteiger partial charge in [-0.05, 0) is 30.7 Å². The molecule has 2 N–H and O–H groups in total. The van der Waals surface area contributed by atoms with Gasteiger partial charge in [-0.1, -0.05) is 37.3 Å². The van der Waals surface area contributed by atoms with E-state index in [-0.39, 0.29) is 12.2 Å². The Labute approximate surface area is 193 Å². The predicted molar refractivity (Wildman–Crippen MR) is 126 cm³/mol. The third-order valence-corrected chi connectivity index (χ3v) is 6.06. The Kier molecular flexibility index (Phi) is 6.23. The van der Waals surface area contributed by atoms with Gasteiger partial charge >= 0.3 is 11.9 Å². The van der Waals surface area contributed by atoms with Crippen molar-refractivity contribution in [2.24, 2.45) is 0 Å². The summed E-state index contributed by atoms with van der Waals surface area (Å²) in [4.78, 5) is 41.3. The molecule has 0 fully saturated rings. The Bertz CT molecular complexity index is 1370. The molecule has 4 aromatic rings. The number of thiazole rings is 1. The molecule has 2 aromatic carbocycles. The number of carbonyl (C=O) groups excluding carboxylic acids is 2. The van der Waals surface area contributed by atoms with Gasteiger partial charge in [0.1, 0.15) is 18.0 Å². The number of amides is 1. The van der Waals surface area contributed by atoms with E-state index in [0.717, 1.165) is 15.8 Å². The Hall–Kier alpha value is -3.98. The van der Waals surface area contributed by atoms with E-state index in [1.165, 1.54) is 22.8 Å². The van der Waals surface area contributed by atoms with Crippen LogP contribution in [0.25, 0.3) is 22.2 Å². The van der Waals surface area contributed by atoms with Crippen LogP contribution in [0.5, 0.6) is 5.75 Å². The highest BCUT2D eigenvalue weighted by Crippen LogP contribution is 2.33. The van der Waals surface area contributed by atoms with Crippen molar-refractivity contribution in [3.8, 4) is 17.0 Å². The van der Waals surface area contributed by atoms with Crippen molar-refractivity contribution < 1.29 is 24.2 Å². The molecule has 0 atom stereocenters. The molecule has 0 radical (unpaired) electrons. The third kappa shape index (κ3) is 4.78. The van der Waals surface area contributed by atoms with Crippen LogP contribution in [0.4, 0.5) is 5.13 Å². The first-order chi connectivity index (χ1) is 15.9. The predicted octanol–water partition coefficient (Wildman–Crippen LogP) is 4.59. The van der Waals surface area contributed by atoms with Crippen LogP contribution in [0.15, 0.2) is 54.6 Å². The van der Waals surface area contributed by atoms with Gasteiger partial charge in [0.15, 0.2) is 5.13 Å². The van der Waals surface area contributed by atoms with Crippen molar-refractivity contribution >= 4 is 45.2 Å². The average molecular weight is 464 g/mol. The number of ether oxygens (including phenoxy) is 1. The molecular formula is C24H21N3O5S. The zero-order valence-electron chi connectivity index (χ0n) is 18.0. The number of rotatable bonds is 7. The van der Waals surface area contributed by atoms with E-state index in [4.69, 9.17) is 4.74 Å². The summed E-state index contributed by atoms with van der Waals surface area (Å²) in [5.74, 6) is -1.48. The van der Waals surface area contributed by atoms with E-state index in [2.05, 4.69) is 10.3 Å². The molecule has 0 bridgehead atoms. The van der Waals surface area contributed by atoms with Crippen LogP contribution < -0.4 is 10.1 Å². The summed E-state index contributed by atoms with van der Waals surface area (Å²) < 4.78 is 6.65. The maximum Gasteiger partial charge on any atom is 0.323 e. The number of nitrogens with one attached hydrogen (secondary N) is 1. The second-order valence-electron chi connectivity index (χ2n) is 7.29. The number of fused-ring (bicyclic) bond motifs is 1. The van der Waals surface area contributed by atoms with Gasteiger partial charge in [0.2, 0.25) is 0 Å². The molecule has 8 nitrogen and oxygen atoms in total. The monoisotopic (exact) mass is 463 g/mol. The van der Waals surface area contributed by atoms with E-state index in [9.17, 15) is 19.5 Å². The van der Waals surface area contributed by atoms with Crippen LogP contribution in [0.2, 0.25) is 0 Å². The minimum absolute atomic E-state index is 0.241. The topological polar surface area (TPSA) is 111 Å². The van der Waals surface area contributed by atoms with Crippen LogP contribution >= 0.6 is 11.3 Å². The van der Waals surface area contributed by atoms with Crippen LogP contribution in [0, 0.1) is 0 Å². The van der Waals surface area contributed by atoms with Gasteiger partial charge < -0.3 is 14.4 Å². The normalized spacial score (nSPS) is 10.8. The van der Waals surface area contributed by atoms with E-state index >= 15 is 0 Å². The fourth-order valence-corrected chi connectivity index (χ4v) is 4.53. The summed E-state index contributed by atoms with van der Waals surface area (Å²) in [6, 6.07) is 16.0. The second kappa shape index (κ2) is 9.25. The summed E-state index contributed by atoms with van der Waals surface area (Å²) in [6.45, 7) is 3.00. The van der Waals surface area contributed by atoms with Gasteiger partial charge in [-0.15, -0.1) is 11.3 Å². The molecule has 9 heteroatoms. The van der Waals surface area contributed by atoms with Gasteiger partial charge in [0, 0.05) is 28.3 Å². The van der Waals surface area contributed by atoms with Crippen molar-refractivity contribution in [3.05, 3.63) is 65.2 Å². The number of carboxylic acids is 1. The summed E-state index contributed by atoms with van der Waals surface area (Å²) in [5, 5.41) is 13.3. The quantitative estimate of drug-likeness (QED) is 0.306. The molecule has 168 valence electrons. The maximum atomic E-state index is 13.1. The number of hydrogen-bond donors (Lipinski definition) is 2. The summed E-state index contributed by atoms with van der Waals surface area (Å²) in [7, 11) is 0. The van der Waals surface area contributed by atoms with E-state index in [1.807, 2.05) is 25.1 Å². The van der Waals surface area contributed by atoms with Crippen molar-refractivity contribution in [1.82, 2.24) is 9.55 Å². The highest BCUT2D eigenvalue weighted by Gasteiger charge is 2.20. The van der Waals surface area contributed by atoms with Crippen molar-refractivity contribution in [1.29, 1.82) is 0 Å². The lowest BCUT2D eigenvalue weighted by atomic mass is 10.1. The highest BCUT2D eigenvalue weighted by atomic mass is 32.1. The molecular weight excluding hydrogens is 442 g/mol. The van der Waals surface area contributed by atoms with Gasteiger partial charge in [0.25, 0.3) is 5.91 Å². The Morgan fingerprint density at radius 3 is 2.64 bits per heavy atom. The molecule has 2 aromatic heterocycles. The molecule has 2 heterocycles. The molecule has 0 unspecified atom stereocenters. The fourth-order valence-electron chi connectivity index (χ4n) is 3.61. The Morgan fingerprint density at radius 2 is 1.91 bits per heavy atom. The average Bonchev–Trinajstić information content (AvgIpc) is 3.34. The second-order valence-corrected chi connectivity index (χ2v) is 8.37. The molecule has 0 aliphatic heterocycles. The lowest BCUT2D eigenvalue weighted by Gasteiger charge is -2.07. The molecule has 33 heavy (non-hydrogen) atoms. The molecule has 0 aliphatic rings. The maximum absolute atomic E-state index is 13.1. The SMILES string of the molecule is CCc1sc(NC(=O)c2cc3ccccc3n2CC(=O)O)nc1-c1cccc(OC(C)=O)c1. The number of anilines is 1. The number of esters is 1. The highest BCUT2D eigenvalue weighted by molar-refractivity contribution is 7.16. The largest absolute Gasteiger partial charge is 0.480 e. The third-order valence-electron chi connectivity index (χ3n) is 4.94. The standard InChI is InChI=1S/C24H21N3O5S/c1-3-20-22(16-8-6-9-17(11-16)32-14(2)28)25-24(33-20)26-23(31)19-12-15-7-4-5-10-18(15)27(19)13-21(29)30/h4-12H,3,13H2,1-2H3,(H,29,30)(H,25,26,31). The number of hydrogen-bond acceptors (Lipinski definition) is 6. The molecule has 1 amide bonds. The van der Waals surface area contributed by atoms with Gasteiger partial charge in [-0.25, -0.2) is 4.98 Å². The zero-order chi connectivity index (χ0) is 23.5. The first-order valence-electron chi connectivity index (χ1n) is 10.3. The first-order valence-corrected chi connectivity index (χ1v) is 11.1. The lowest BCUT2D eigenvalue weighted by Crippen LogP contribution is -2.19. The first kappa shape index (κ1) is 22.2. The van der Waals surface area contributed by atoms with E-state index < -0.39 is 17.8 Å². The number of aliphatic carboxylic acids is 1. The number of carboxylic acid groups (broad SMARTS) is 1. The summed E-state index contributed by atoms with van der Waals surface area (Å²) in [5.41, 5.74) is 2.37. The van der Waals surface area contributed by atoms with Gasteiger partial charge in [-0.2, -0.15) is 0 Å². The molecule has 0 spiro atoms. The molecule has 0 saturated carbocycles. The van der Waals surface area contributed by atoms with Crippen molar-refractivity contribution in [2.45, 2.75) is 26.8 Å². The van der Waals surface area contributed by atoms with Crippen LogP contribution in [0.3, 0.4) is 0 Å². The smallest absolute Gasteiger partial charge is 0.323 e. The minimum Gasteiger partial charge on any atom is -0.480 e.